The molecule has 0 heterocycles. The van der Waals surface area contributed by atoms with Gasteiger partial charge in [-0.05, 0) is 78.8 Å². The van der Waals surface area contributed by atoms with Crippen molar-refractivity contribution in [2.75, 3.05) is 0 Å². The summed E-state index contributed by atoms with van der Waals surface area (Å²) in [6.07, 6.45) is 11.1. The third kappa shape index (κ3) is 4.66. The van der Waals surface area contributed by atoms with Crippen molar-refractivity contribution in [1.29, 1.82) is 0 Å². The van der Waals surface area contributed by atoms with Crippen molar-refractivity contribution in [1.82, 2.24) is 0 Å². The molecule has 0 radical (unpaired) electrons. The second-order valence-electron chi connectivity index (χ2n) is 7.83. The highest BCUT2D eigenvalue weighted by Gasteiger charge is 2.22. The smallest absolute Gasteiger partial charge is 0.115 e. The summed E-state index contributed by atoms with van der Waals surface area (Å²) in [4.78, 5) is 0. The summed E-state index contributed by atoms with van der Waals surface area (Å²) in [7, 11) is 0. The van der Waals surface area contributed by atoms with E-state index in [4.69, 9.17) is 0 Å². The van der Waals surface area contributed by atoms with Crippen molar-refractivity contribution in [2.45, 2.75) is 71.1 Å². The summed E-state index contributed by atoms with van der Waals surface area (Å²) in [5.41, 5.74) is 5.09. The third-order valence-corrected chi connectivity index (χ3v) is 5.97. The first-order chi connectivity index (χ1) is 12.2. The number of benzene rings is 2. The molecule has 1 aliphatic carbocycles. The molecule has 0 spiro atoms. The molecule has 0 saturated heterocycles. The van der Waals surface area contributed by atoms with Crippen LogP contribution in [0.15, 0.2) is 42.5 Å². The Morgan fingerprint density at radius 2 is 1.64 bits per heavy atom. The average molecular weight is 337 g/mol. The Morgan fingerprint density at radius 3 is 2.28 bits per heavy atom. The molecule has 0 atom stereocenters. The molecule has 1 fully saturated rings. The van der Waals surface area contributed by atoms with Crippen LogP contribution >= 0.6 is 0 Å². The van der Waals surface area contributed by atoms with Crippen LogP contribution in [0.1, 0.15) is 75.3 Å². The predicted octanol–water partition coefficient (Wildman–Crippen LogP) is 7.22. The number of phenols is 1. The molecule has 0 amide bonds. The fourth-order valence-electron chi connectivity index (χ4n) is 4.37. The lowest BCUT2D eigenvalue weighted by molar-refractivity contribution is 0.303. The Bertz CT molecular complexity index is 663. The first kappa shape index (κ1) is 18.0. The minimum Gasteiger partial charge on any atom is -0.508 e. The maximum absolute atomic E-state index is 9.59. The largest absolute Gasteiger partial charge is 0.508 e. The van der Waals surface area contributed by atoms with Crippen LogP contribution in [0.5, 0.6) is 5.75 Å². The minimum atomic E-state index is 0.341. The van der Waals surface area contributed by atoms with Gasteiger partial charge >= 0.3 is 0 Å². The Balaban J connectivity index is 1.60. The molecule has 2 aromatic carbocycles. The summed E-state index contributed by atoms with van der Waals surface area (Å²) in [5.74, 6) is 2.06. The molecule has 1 N–H and O–H groups in total. The zero-order chi connectivity index (χ0) is 17.6. The number of aromatic hydroxyl groups is 1. The molecule has 25 heavy (non-hydrogen) atoms. The highest BCUT2D eigenvalue weighted by atomic mass is 16.3. The van der Waals surface area contributed by atoms with E-state index in [0.717, 1.165) is 17.4 Å². The molecule has 3 rings (SSSR count). The van der Waals surface area contributed by atoms with E-state index in [9.17, 15) is 5.11 Å². The van der Waals surface area contributed by atoms with E-state index in [1.807, 2.05) is 12.1 Å². The Kier molecular flexibility index (Phi) is 6.18. The van der Waals surface area contributed by atoms with Crippen LogP contribution in [0.2, 0.25) is 0 Å². The summed E-state index contributed by atoms with van der Waals surface area (Å²) in [6.45, 7) is 4.35. The molecule has 1 heteroatoms. The van der Waals surface area contributed by atoms with E-state index in [-0.39, 0.29) is 0 Å². The van der Waals surface area contributed by atoms with E-state index in [2.05, 4.69) is 38.1 Å². The van der Waals surface area contributed by atoms with Crippen molar-refractivity contribution in [3.8, 4) is 16.9 Å². The summed E-state index contributed by atoms with van der Waals surface area (Å²) < 4.78 is 0. The van der Waals surface area contributed by atoms with Gasteiger partial charge in [-0.25, -0.2) is 0 Å². The zero-order valence-corrected chi connectivity index (χ0v) is 15.8. The molecule has 1 aliphatic rings. The molecule has 0 bridgehead atoms. The van der Waals surface area contributed by atoms with E-state index in [1.165, 1.54) is 68.1 Å². The predicted molar refractivity (Wildman–Crippen MR) is 107 cm³/mol. The van der Waals surface area contributed by atoms with Crippen LogP contribution in [0.3, 0.4) is 0 Å². The third-order valence-electron chi connectivity index (χ3n) is 5.97. The fraction of sp³-hybridized carbons (Fsp3) is 0.500. The van der Waals surface area contributed by atoms with E-state index in [1.54, 1.807) is 6.07 Å². The van der Waals surface area contributed by atoms with Gasteiger partial charge in [0.1, 0.15) is 5.75 Å². The van der Waals surface area contributed by atoms with Gasteiger partial charge in [0.25, 0.3) is 0 Å². The monoisotopic (exact) mass is 336 g/mol. The van der Waals surface area contributed by atoms with Crippen LogP contribution < -0.4 is 0 Å². The lowest BCUT2D eigenvalue weighted by Crippen LogP contribution is -2.13. The quantitative estimate of drug-likeness (QED) is 0.552. The molecule has 2 aromatic rings. The van der Waals surface area contributed by atoms with Gasteiger partial charge in [0.15, 0.2) is 0 Å². The number of unbranched alkanes of at least 4 members (excludes halogenated alkanes) is 2. The molecular formula is C24H32O. The van der Waals surface area contributed by atoms with Gasteiger partial charge in [-0.15, -0.1) is 0 Å². The first-order valence-electron chi connectivity index (χ1n) is 10.1. The number of phenolic OH excluding ortho intramolecular Hbond substituents is 1. The van der Waals surface area contributed by atoms with E-state index in [0.29, 0.717) is 5.75 Å². The van der Waals surface area contributed by atoms with E-state index >= 15 is 0 Å². The van der Waals surface area contributed by atoms with Crippen LogP contribution in [-0.4, -0.2) is 5.11 Å². The van der Waals surface area contributed by atoms with Crippen LogP contribution in [-0.2, 0) is 0 Å². The summed E-state index contributed by atoms with van der Waals surface area (Å²) in [6, 6.07) is 14.8. The zero-order valence-electron chi connectivity index (χ0n) is 15.8. The maximum atomic E-state index is 9.59. The standard InChI is InChI=1S/C24H32O/c1-3-4-5-6-19-7-9-20(10-8-19)21-11-13-22(14-12-21)24-16-15-23(25)17-18(24)2/h11-17,19-20,25H,3-10H2,1-2H3. The minimum absolute atomic E-state index is 0.341. The van der Waals surface area contributed by atoms with Crippen molar-refractivity contribution in [3.05, 3.63) is 53.6 Å². The Labute approximate surface area is 153 Å². The Hall–Kier alpha value is -1.76. The van der Waals surface area contributed by atoms with Crippen molar-refractivity contribution < 1.29 is 5.11 Å². The highest BCUT2D eigenvalue weighted by molar-refractivity contribution is 5.68. The van der Waals surface area contributed by atoms with Gasteiger partial charge < -0.3 is 5.11 Å². The number of hydrogen-bond donors (Lipinski definition) is 1. The van der Waals surface area contributed by atoms with E-state index < -0.39 is 0 Å². The molecule has 0 unspecified atom stereocenters. The Morgan fingerprint density at radius 1 is 0.920 bits per heavy atom. The SMILES string of the molecule is CCCCCC1CCC(c2ccc(-c3ccc(O)cc3C)cc2)CC1. The van der Waals surface area contributed by atoms with Crippen LogP contribution in [0, 0.1) is 12.8 Å². The van der Waals surface area contributed by atoms with Crippen molar-refractivity contribution >= 4 is 0 Å². The van der Waals surface area contributed by atoms with Crippen LogP contribution in [0.25, 0.3) is 11.1 Å². The van der Waals surface area contributed by atoms with Gasteiger partial charge in [0, 0.05) is 0 Å². The molecule has 1 saturated carbocycles. The number of hydrogen-bond acceptors (Lipinski definition) is 1. The van der Waals surface area contributed by atoms with Crippen molar-refractivity contribution in [2.24, 2.45) is 5.92 Å². The van der Waals surface area contributed by atoms with Gasteiger partial charge in [0.05, 0.1) is 0 Å². The average Bonchev–Trinajstić information content (AvgIpc) is 2.63. The summed E-state index contributed by atoms with van der Waals surface area (Å²) in [5, 5.41) is 9.59. The van der Waals surface area contributed by atoms with Crippen LogP contribution in [0.4, 0.5) is 0 Å². The molecule has 1 nitrogen and oxygen atoms in total. The molecule has 0 aliphatic heterocycles. The number of rotatable bonds is 6. The highest BCUT2D eigenvalue weighted by Crippen LogP contribution is 2.38. The number of aryl methyl sites for hydroxylation is 1. The van der Waals surface area contributed by atoms with Gasteiger partial charge in [-0.3, -0.25) is 0 Å². The lowest BCUT2D eigenvalue weighted by Gasteiger charge is -2.29. The van der Waals surface area contributed by atoms with Gasteiger partial charge in [-0.1, -0.05) is 62.9 Å². The maximum Gasteiger partial charge on any atom is 0.115 e. The second kappa shape index (κ2) is 8.56. The normalized spacial score (nSPS) is 20.6. The lowest BCUT2D eigenvalue weighted by atomic mass is 9.77. The molecule has 134 valence electrons. The molecular weight excluding hydrogens is 304 g/mol. The van der Waals surface area contributed by atoms with Crippen molar-refractivity contribution in [3.63, 3.8) is 0 Å². The fourth-order valence-corrected chi connectivity index (χ4v) is 4.37. The first-order valence-corrected chi connectivity index (χ1v) is 10.1. The van der Waals surface area contributed by atoms with Gasteiger partial charge in [0.2, 0.25) is 0 Å². The summed E-state index contributed by atoms with van der Waals surface area (Å²) >= 11 is 0. The van der Waals surface area contributed by atoms with Gasteiger partial charge in [-0.2, -0.15) is 0 Å². The molecule has 0 aromatic heterocycles. The topological polar surface area (TPSA) is 20.2 Å². The second-order valence-corrected chi connectivity index (χ2v) is 7.83.